The first kappa shape index (κ1) is 11.1. The lowest BCUT2D eigenvalue weighted by molar-refractivity contribution is 0.179. The van der Waals surface area contributed by atoms with Gasteiger partial charge in [-0.15, -0.1) is 0 Å². The van der Waals surface area contributed by atoms with Crippen molar-refractivity contribution in [3.05, 3.63) is 34.9 Å². The highest BCUT2D eigenvalue weighted by Crippen LogP contribution is 2.32. The van der Waals surface area contributed by atoms with E-state index >= 15 is 0 Å². The molecular weight excluding hydrogens is 186 g/mol. The average Bonchev–Trinajstić information content (AvgIpc) is 2.53. The van der Waals surface area contributed by atoms with Crippen molar-refractivity contribution in [1.82, 2.24) is 0 Å². The number of fused-ring (bicyclic) bond motifs is 1. The maximum absolute atomic E-state index is 12.7. The van der Waals surface area contributed by atoms with Gasteiger partial charge in [-0.25, -0.2) is 8.78 Å². The molecule has 2 rings (SSSR count). The highest BCUT2D eigenvalue weighted by atomic mass is 19.2. The fraction of sp³-hybridized carbons (Fsp3) is 0.455. The van der Waals surface area contributed by atoms with Crippen molar-refractivity contribution in [2.45, 2.75) is 32.8 Å². The van der Waals surface area contributed by atoms with Gasteiger partial charge in [0.15, 0.2) is 11.6 Å². The second-order valence-electron chi connectivity index (χ2n) is 3.02. The molecule has 0 radical (unpaired) electrons. The van der Waals surface area contributed by atoms with Crippen LogP contribution in [0, 0.1) is 11.6 Å². The van der Waals surface area contributed by atoms with Crippen LogP contribution in [0.2, 0.25) is 0 Å². The van der Waals surface area contributed by atoms with Crippen LogP contribution >= 0.6 is 0 Å². The Morgan fingerprint density at radius 1 is 1.21 bits per heavy atom. The van der Waals surface area contributed by atoms with Crippen LogP contribution in [-0.2, 0) is 6.42 Å². The molecule has 1 N–H and O–H groups in total. The van der Waals surface area contributed by atoms with E-state index in [2.05, 4.69) is 0 Å². The Bertz CT molecular complexity index is 323. The summed E-state index contributed by atoms with van der Waals surface area (Å²) in [7, 11) is 0. The molecule has 0 fully saturated rings. The van der Waals surface area contributed by atoms with Crippen LogP contribution in [0.3, 0.4) is 0 Å². The minimum absolute atomic E-state index is 0.536. The van der Waals surface area contributed by atoms with Gasteiger partial charge in [0.25, 0.3) is 0 Å². The predicted octanol–water partition coefficient (Wildman–Crippen LogP) is 2.97. The van der Waals surface area contributed by atoms with Crippen molar-refractivity contribution in [1.29, 1.82) is 0 Å². The SMILES string of the molecule is CC.OC1CCc2cc(F)c(F)cc21. The monoisotopic (exact) mass is 200 g/mol. The predicted molar refractivity (Wildman–Crippen MR) is 51.0 cm³/mol. The molecule has 78 valence electrons. The summed E-state index contributed by atoms with van der Waals surface area (Å²) in [6.45, 7) is 4.00. The van der Waals surface area contributed by atoms with Crippen LogP contribution in [0.1, 0.15) is 37.5 Å². The Labute approximate surface area is 82.4 Å². The van der Waals surface area contributed by atoms with E-state index in [0.717, 1.165) is 11.6 Å². The molecule has 1 aromatic carbocycles. The van der Waals surface area contributed by atoms with Crippen LogP contribution in [-0.4, -0.2) is 5.11 Å². The zero-order valence-electron chi connectivity index (χ0n) is 8.35. The number of aliphatic hydroxyl groups is 1. The van der Waals surface area contributed by atoms with Crippen LogP contribution < -0.4 is 0 Å². The fourth-order valence-electron chi connectivity index (χ4n) is 1.58. The maximum atomic E-state index is 12.7. The third-order valence-electron chi connectivity index (χ3n) is 2.23. The van der Waals surface area contributed by atoms with E-state index in [1.54, 1.807) is 0 Å². The second-order valence-corrected chi connectivity index (χ2v) is 3.02. The fourth-order valence-corrected chi connectivity index (χ4v) is 1.58. The molecule has 0 aliphatic heterocycles. The highest BCUT2D eigenvalue weighted by molar-refractivity contribution is 5.34. The lowest BCUT2D eigenvalue weighted by atomic mass is 10.1. The maximum Gasteiger partial charge on any atom is 0.159 e. The first-order valence-electron chi connectivity index (χ1n) is 4.84. The van der Waals surface area contributed by atoms with Gasteiger partial charge in [0.1, 0.15) is 0 Å². The lowest BCUT2D eigenvalue weighted by Gasteiger charge is -2.03. The molecule has 0 saturated heterocycles. The van der Waals surface area contributed by atoms with Gasteiger partial charge in [-0.3, -0.25) is 0 Å². The van der Waals surface area contributed by atoms with Crippen molar-refractivity contribution < 1.29 is 13.9 Å². The lowest BCUT2D eigenvalue weighted by Crippen LogP contribution is -1.93. The van der Waals surface area contributed by atoms with Crippen LogP contribution in [0.4, 0.5) is 8.78 Å². The van der Waals surface area contributed by atoms with Gasteiger partial charge < -0.3 is 5.11 Å². The number of hydrogen-bond acceptors (Lipinski definition) is 1. The molecule has 1 nitrogen and oxygen atoms in total. The Morgan fingerprint density at radius 3 is 2.43 bits per heavy atom. The number of aryl methyl sites for hydroxylation is 1. The molecule has 0 bridgehead atoms. The van der Waals surface area contributed by atoms with E-state index in [-0.39, 0.29) is 0 Å². The number of rotatable bonds is 0. The van der Waals surface area contributed by atoms with Crippen molar-refractivity contribution in [3.8, 4) is 0 Å². The summed E-state index contributed by atoms with van der Waals surface area (Å²) in [4.78, 5) is 0. The van der Waals surface area contributed by atoms with Gasteiger partial charge >= 0.3 is 0 Å². The smallest absolute Gasteiger partial charge is 0.159 e. The van der Waals surface area contributed by atoms with Crippen LogP contribution in [0.5, 0.6) is 0 Å². The molecule has 0 amide bonds. The van der Waals surface area contributed by atoms with Gasteiger partial charge in [0.2, 0.25) is 0 Å². The van der Waals surface area contributed by atoms with Crippen molar-refractivity contribution in [3.63, 3.8) is 0 Å². The molecule has 3 heteroatoms. The molecule has 0 saturated carbocycles. The number of aliphatic hydroxyl groups excluding tert-OH is 1. The minimum Gasteiger partial charge on any atom is -0.388 e. The van der Waals surface area contributed by atoms with Gasteiger partial charge in [0, 0.05) is 0 Å². The van der Waals surface area contributed by atoms with E-state index < -0.39 is 17.7 Å². The third kappa shape index (κ3) is 1.93. The zero-order chi connectivity index (χ0) is 10.7. The molecule has 1 aliphatic carbocycles. The molecule has 1 unspecified atom stereocenters. The summed E-state index contributed by atoms with van der Waals surface area (Å²) in [5.41, 5.74) is 1.26. The first-order valence-corrected chi connectivity index (χ1v) is 4.84. The quantitative estimate of drug-likeness (QED) is 0.682. The summed E-state index contributed by atoms with van der Waals surface area (Å²) < 4.78 is 25.3. The minimum atomic E-state index is -0.880. The molecule has 0 aromatic heterocycles. The largest absolute Gasteiger partial charge is 0.388 e. The molecule has 0 spiro atoms. The standard InChI is InChI=1S/C9H8F2O.C2H6/c10-7-3-5-1-2-9(12)6(5)4-8(7)11;1-2/h3-4,9,12H,1-2H2;1-2H3. The van der Waals surface area contributed by atoms with Gasteiger partial charge in [-0.05, 0) is 36.1 Å². The first-order chi connectivity index (χ1) is 6.68. The molecule has 0 heterocycles. The second kappa shape index (κ2) is 4.51. The molecule has 14 heavy (non-hydrogen) atoms. The van der Waals surface area contributed by atoms with Gasteiger partial charge in [-0.2, -0.15) is 0 Å². The molecule has 1 atom stereocenters. The van der Waals surface area contributed by atoms with E-state index in [1.165, 1.54) is 6.07 Å². The zero-order valence-corrected chi connectivity index (χ0v) is 8.35. The third-order valence-corrected chi connectivity index (χ3v) is 2.23. The van der Waals surface area contributed by atoms with Crippen molar-refractivity contribution in [2.75, 3.05) is 0 Å². The van der Waals surface area contributed by atoms with Crippen LogP contribution in [0.25, 0.3) is 0 Å². The summed E-state index contributed by atoms with van der Waals surface area (Å²) in [5.74, 6) is -1.71. The topological polar surface area (TPSA) is 20.2 Å². The van der Waals surface area contributed by atoms with E-state index in [1.807, 2.05) is 13.8 Å². The van der Waals surface area contributed by atoms with Crippen molar-refractivity contribution in [2.24, 2.45) is 0 Å². The van der Waals surface area contributed by atoms with E-state index in [4.69, 9.17) is 0 Å². The average molecular weight is 200 g/mol. The van der Waals surface area contributed by atoms with Crippen molar-refractivity contribution >= 4 is 0 Å². The Hall–Kier alpha value is -0.960. The molecule has 1 aliphatic rings. The highest BCUT2D eigenvalue weighted by Gasteiger charge is 2.22. The number of hydrogen-bond donors (Lipinski definition) is 1. The Balaban J connectivity index is 0.000000461. The Morgan fingerprint density at radius 2 is 1.79 bits per heavy atom. The Kier molecular flexibility index (Phi) is 3.58. The van der Waals surface area contributed by atoms with Gasteiger partial charge in [-0.1, -0.05) is 13.8 Å². The van der Waals surface area contributed by atoms with Crippen LogP contribution in [0.15, 0.2) is 12.1 Å². The number of benzene rings is 1. The molecular formula is C11H14F2O. The van der Waals surface area contributed by atoms with E-state index in [9.17, 15) is 13.9 Å². The summed E-state index contributed by atoms with van der Waals surface area (Å²) in [6.07, 6.45) is 0.585. The van der Waals surface area contributed by atoms with Gasteiger partial charge in [0.05, 0.1) is 6.10 Å². The molecule has 1 aromatic rings. The summed E-state index contributed by atoms with van der Waals surface area (Å²) >= 11 is 0. The normalized spacial score (nSPS) is 18.5. The number of halogens is 2. The summed E-state index contributed by atoms with van der Waals surface area (Å²) in [6, 6.07) is 2.25. The summed E-state index contributed by atoms with van der Waals surface area (Å²) in [5, 5.41) is 9.31. The van der Waals surface area contributed by atoms with E-state index in [0.29, 0.717) is 18.4 Å².